The molecule has 0 fully saturated rings. The third-order valence-electron chi connectivity index (χ3n) is 15.8. The van der Waals surface area contributed by atoms with Crippen molar-refractivity contribution in [2.45, 2.75) is 309 Å². The summed E-state index contributed by atoms with van der Waals surface area (Å²) < 4.78 is 22.8. The summed E-state index contributed by atoms with van der Waals surface area (Å²) in [6.07, 6.45) is 105. The Morgan fingerprint density at radius 3 is 0.860 bits per heavy atom. The first-order chi connectivity index (χ1) is 45.6. The third kappa shape index (κ3) is 74.2. The highest BCUT2D eigenvalue weighted by molar-refractivity contribution is 5.70. The van der Waals surface area contributed by atoms with Gasteiger partial charge in [-0.1, -0.05) is 320 Å². The van der Waals surface area contributed by atoms with Gasteiger partial charge in [0.05, 0.1) is 40.3 Å². The number of likely N-dealkylation sites (N-methyl/N-ethyl adjacent to an activating group) is 1. The monoisotopic (exact) mass is 1290 g/mol. The number of ether oxygens (including phenoxy) is 4. The predicted molar refractivity (Wildman–Crippen MR) is 398 cm³/mol. The van der Waals surface area contributed by atoms with Gasteiger partial charge < -0.3 is 33.3 Å². The van der Waals surface area contributed by atoms with Crippen molar-refractivity contribution in [2.75, 3.05) is 47.5 Å². The summed E-state index contributed by atoms with van der Waals surface area (Å²) in [5.74, 6) is -2.31. The highest BCUT2D eigenvalue weighted by Gasteiger charge is 2.22. The van der Waals surface area contributed by atoms with Gasteiger partial charge >= 0.3 is 11.9 Å². The largest absolute Gasteiger partial charge is 0.545 e. The maximum absolute atomic E-state index is 12.9. The lowest BCUT2D eigenvalue weighted by atomic mass is 10.0. The van der Waals surface area contributed by atoms with Crippen LogP contribution in [0.2, 0.25) is 0 Å². The van der Waals surface area contributed by atoms with Crippen LogP contribution in [0.15, 0.2) is 158 Å². The summed E-state index contributed by atoms with van der Waals surface area (Å²) in [5.41, 5.74) is 0. The van der Waals surface area contributed by atoms with Crippen LogP contribution in [0, 0.1) is 0 Å². The number of quaternary nitrogens is 1. The highest BCUT2D eigenvalue weighted by Crippen LogP contribution is 2.17. The average Bonchev–Trinajstić information content (AvgIpc) is 3.74. The van der Waals surface area contributed by atoms with Crippen molar-refractivity contribution in [3.05, 3.63) is 158 Å². The van der Waals surface area contributed by atoms with E-state index in [1.807, 2.05) is 21.1 Å². The van der Waals surface area contributed by atoms with E-state index in [4.69, 9.17) is 18.9 Å². The molecule has 0 aromatic rings. The first-order valence-electron chi connectivity index (χ1n) is 37.6. The first-order valence-corrected chi connectivity index (χ1v) is 37.6. The minimum atomic E-state index is -1.64. The van der Waals surface area contributed by atoms with E-state index >= 15 is 0 Å². The number of carboxylic acid groups (broad SMARTS) is 1. The molecule has 0 radical (unpaired) electrons. The molecule has 0 bridgehead atoms. The van der Waals surface area contributed by atoms with Gasteiger partial charge in [0.2, 0.25) is 0 Å². The number of carbonyl (C=O) groups is 3. The molecule has 0 aromatic heterocycles. The van der Waals surface area contributed by atoms with Gasteiger partial charge in [0, 0.05) is 12.8 Å². The summed E-state index contributed by atoms with van der Waals surface area (Å²) in [7, 11) is 5.92. The van der Waals surface area contributed by atoms with Crippen LogP contribution in [0.3, 0.4) is 0 Å². The van der Waals surface area contributed by atoms with E-state index in [2.05, 4.69) is 172 Å². The van der Waals surface area contributed by atoms with E-state index in [0.717, 1.165) is 135 Å². The normalized spacial score (nSPS) is 13.6. The minimum Gasteiger partial charge on any atom is -0.545 e. The van der Waals surface area contributed by atoms with Crippen molar-refractivity contribution in [3.8, 4) is 0 Å². The molecule has 0 spiro atoms. The van der Waals surface area contributed by atoms with Gasteiger partial charge in [-0.3, -0.25) is 9.59 Å². The molecule has 2 atom stereocenters. The SMILES string of the molecule is CC/C=C\C/C=C\C/C=C\C/C=C\C/C=C\C/C=C\C/C=C\C/C=C\C/C=C\CCCCCCCC(=O)OC(COC(=O)CCCCCCCCCCCCCCCCCCCCCCCC/C=C\C/C=C\C/C=C\C/C=C\CC)COC(OCC[N+](C)(C)C)C(=O)[O-]. The molecule has 0 aliphatic rings. The van der Waals surface area contributed by atoms with Crippen LogP contribution in [0.5, 0.6) is 0 Å². The third-order valence-corrected chi connectivity index (χ3v) is 15.8. The van der Waals surface area contributed by atoms with Crippen LogP contribution >= 0.6 is 0 Å². The fourth-order valence-corrected chi connectivity index (χ4v) is 10.1. The quantitative estimate of drug-likeness (QED) is 0.0195. The van der Waals surface area contributed by atoms with Crippen molar-refractivity contribution in [1.29, 1.82) is 0 Å². The molecule has 2 unspecified atom stereocenters. The zero-order chi connectivity index (χ0) is 67.5. The number of allylic oxidation sites excluding steroid dienone is 26. The van der Waals surface area contributed by atoms with Crippen LogP contribution in [0.25, 0.3) is 0 Å². The number of carboxylic acids is 1. The zero-order valence-electron chi connectivity index (χ0n) is 60.3. The maximum Gasteiger partial charge on any atom is 0.306 e. The second-order valence-electron chi connectivity index (χ2n) is 25.8. The Morgan fingerprint density at radius 1 is 0.323 bits per heavy atom. The number of nitrogens with zero attached hydrogens (tertiary/aromatic N) is 1. The standard InChI is InChI=1S/C84H139NO8/c1-6-8-10-12-14-16-18-20-22-24-26-28-30-32-34-36-38-40-41-43-44-46-48-50-52-54-56-58-60-62-64-66-68-70-72-74-81(86)91-78-80(79-92-84(83(88)89)90-77-76-85(3,4)5)93-82(87)75-73-71-69-67-65-63-61-59-57-55-53-51-49-47-45-42-39-37-35-33-31-29-27-25-23-21-19-17-15-13-11-9-7-2/h8-11,14-17,20-23,26-29,33,35,39,42,47,49,53,55,59,61,80,84H,6-7,12-13,18-19,24-25,30-32,34,36-38,40-41,43-46,48,50-52,54,56-58,60,62-79H2,1-5H3/b10-8-,11-9-,16-14-,17-15-,22-20-,23-21-,28-26-,29-27-,35-33-,42-39-,49-47-,55-53-,61-59-. The molecule has 0 aliphatic heterocycles. The van der Waals surface area contributed by atoms with E-state index in [0.29, 0.717) is 17.4 Å². The summed E-state index contributed by atoms with van der Waals surface area (Å²) in [6.45, 7) is 4.51. The Kier molecular flexibility index (Phi) is 68.8. The summed E-state index contributed by atoms with van der Waals surface area (Å²) in [5, 5.41) is 11.8. The van der Waals surface area contributed by atoms with Gasteiger partial charge in [-0.2, -0.15) is 0 Å². The van der Waals surface area contributed by atoms with Crippen molar-refractivity contribution >= 4 is 17.9 Å². The smallest absolute Gasteiger partial charge is 0.306 e. The van der Waals surface area contributed by atoms with Gasteiger partial charge in [0.25, 0.3) is 0 Å². The number of hydrogen-bond acceptors (Lipinski definition) is 8. The van der Waals surface area contributed by atoms with Crippen LogP contribution in [0.4, 0.5) is 0 Å². The zero-order valence-corrected chi connectivity index (χ0v) is 60.3. The number of esters is 2. The fraction of sp³-hybridized carbons (Fsp3) is 0.655. The summed E-state index contributed by atoms with van der Waals surface area (Å²) >= 11 is 0. The maximum atomic E-state index is 12.9. The number of unbranched alkanes of at least 4 members (excludes halogenated alkanes) is 27. The molecule has 0 amide bonds. The minimum absolute atomic E-state index is 0.137. The van der Waals surface area contributed by atoms with Gasteiger partial charge in [0.1, 0.15) is 13.2 Å². The lowest BCUT2D eigenvalue weighted by molar-refractivity contribution is -0.870. The molecule has 0 aromatic carbocycles. The molecule has 528 valence electrons. The van der Waals surface area contributed by atoms with Crippen LogP contribution < -0.4 is 5.11 Å². The number of hydrogen-bond donors (Lipinski definition) is 0. The highest BCUT2D eigenvalue weighted by atomic mass is 16.7. The Labute approximate surface area is 572 Å². The van der Waals surface area contributed by atoms with Gasteiger partial charge in [-0.25, -0.2) is 0 Å². The van der Waals surface area contributed by atoms with Gasteiger partial charge in [-0.15, -0.1) is 0 Å². The summed E-state index contributed by atoms with van der Waals surface area (Å²) in [6, 6.07) is 0. The molecule has 9 heteroatoms. The van der Waals surface area contributed by atoms with Crippen LogP contribution in [-0.4, -0.2) is 82.3 Å². The lowest BCUT2D eigenvalue weighted by Crippen LogP contribution is -2.44. The molecule has 9 nitrogen and oxygen atoms in total. The van der Waals surface area contributed by atoms with Crippen molar-refractivity contribution in [1.82, 2.24) is 0 Å². The lowest BCUT2D eigenvalue weighted by Gasteiger charge is -2.26. The van der Waals surface area contributed by atoms with E-state index in [9.17, 15) is 19.5 Å². The molecular formula is C84H139NO8. The number of carbonyl (C=O) groups excluding carboxylic acids is 3. The molecule has 0 N–H and O–H groups in total. The second kappa shape index (κ2) is 72.7. The molecule has 0 heterocycles. The Bertz CT molecular complexity index is 2090. The van der Waals surface area contributed by atoms with Crippen LogP contribution in [-0.2, 0) is 33.3 Å². The Hall–Kier alpha value is -5.09. The molecular weight excluding hydrogens is 1150 g/mol. The van der Waals surface area contributed by atoms with Crippen molar-refractivity contribution < 1.29 is 42.9 Å². The molecule has 0 rings (SSSR count). The average molecular weight is 1290 g/mol. The molecule has 0 aliphatic carbocycles. The topological polar surface area (TPSA) is 111 Å². The van der Waals surface area contributed by atoms with Gasteiger partial charge in [-0.05, 0) is 122 Å². The summed E-state index contributed by atoms with van der Waals surface area (Å²) in [4.78, 5) is 37.6. The van der Waals surface area contributed by atoms with Crippen LogP contribution in [0.1, 0.15) is 296 Å². The molecule has 0 saturated carbocycles. The van der Waals surface area contributed by atoms with E-state index in [-0.39, 0.29) is 38.6 Å². The second-order valence-corrected chi connectivity index (χ2v) is 25.8. The van der Waals surface area contributed by atoms with Crippen molar-refractivity contribution in [3.63, 3.8) is 0 Å². The van der Waals surface area contributed by atoms with Gasteiger partial charge in [0.15, 0.2) is 12.4 Å². The molecule has 0 saturated heterocycles. The number of aliphatic carboxylic acids is 1. The number of rotatable bonds is 68. The van der Waals surface area contributed by atoms with E-state index in [1.165, 1.54) is 128 Å². The predicted octanol–water partition coefficient (Wildman–Crippen LogP) is 22.7. The van der Waals surface area contributed by atoms with Crippen molar-refractivity contribution in [2.24, 2.45) is 0 Å². The fourth-order valence-electron chi connectivity index (χ4n) is 10.1. The molecule has 93 heavy (non-hydrogen) atoms. The van der Waals surface area contributed by atoms with E-state index < -0.39 is 24.3 Å². The first kappa shape index (κ1) is 87.9. The van der Waals surface area contributed by atoms with E-state index in [1.54, 1.807) is 0 Å². The Morgan fingerprint density at radius 2 is 0.581 bits per heavy atom. The Balaban J connectivity index is 4.13.